The number of carbonyl (C=O) groups excluding carboxylic acids is 3. The molecule has 0 aliphatic rings. The van der Waals surface area contributed by atoms with Crippen molar-refractivity contribution in [1.29, 1.82) is 0 Å². The Morgan fingerprint density at radius 3 is 2.41 bits per heavy atom. The number of ether oxygens (including phenoxy) is 2. The van der Waals surface area contributed by atoms with Gasteiger partial charge in [0.15, 0.2) is 6.10 Å². The molecule has 0 aliphatic carbocycles. The van der Waals surface area contributed by atoms with Crippen molar-refractivity contribution in [3.05, 3.63) is 65.5 Å². The molecule has 0 saturated carbocycles. The van der Waals surface area contributed by atoms with Gasteiger partial charge in [0, 0.05) is 27.2 Å². The number of nitrogens with one attached hydrogen (secondary N) is 1. The molecule has 32 heavy (non-hydrogen) atoms. The molecule has 1 amide bonds. The highest BCUT2D eigenvalue weighted by molar-refractivity contribution is 5.73. The number of hydrogen-bond donors (Lipinski definition) is 1. The Hall–Kier alpha value is -3.66. The molecule has 0 saturated heterocycles. The minimum absolute atomic E-state index is 0.163. The van der Waals surface area contributed by atoms with Gasteiger partial charge in [0.1, 0.15) is 18.3 Å². The van der Waals surface area contributed by atoms with Crippen LogP contribution in [0.1, 0.15) is 56.7 Å². The van der Waals surface area contributed by atoms with E-state index in [0.717, 1.165) is 19.3 Å². The lowest BCUT2D eigenvalue weighted by Gasteiger charge is -2.26. The van der Waals surface area contributed by atoms with Crippen molar-refractivity contribution in [2.75, 3.05) is 6.61 Å². The maximum Gasteiger partial charge on any atom is 0.303 e. The van der Waals surface area contributed by atoms with Crippen LogP contribution in [0.2, 0.25) is 0 Å². The van der Waals surface area contributed by atoms with Crippen LogP contribution in [0.3, 0.4) is 0 Å². The van der Waals surface area contributed by atoms with Gasteiger partial charge in [-0.1, -0.05) is 42.3 Å². The Morgan fingerprint density at radius 1 is 1.00 bits per heavy atom. The Bertz CT molecular complexity index is 979. The zero-order valence-electron chi connectivity index (χ0n) is 18.6. The average molecular weight is 437 g/mol. The smallest absolute Gasteiger partial charge is 0.303 e. The summed E-state index contributed by atoms with van der Waals surface area (Å²) in [5.74, 6) is 4.75. The average Bonchev–Trinajstić information content (AvgIpc) is 2.75. The number of pyridine rings is 1. The Kier molecular flexibility index (Phi) is 9.92. The lowest BCUT2D eigenvalue weighted by atomic mass is 10.1. The van der Waals surface area contributed by atoms with E-state index in [1.165, 1.54) is 26.3 Å². The fraction of sp³-hybridized carbons (Fsp3) is 0.360. The first-order valence-corrected chi connectivity index (χ1v) is 10.4. The van der Waals surface area contributed by atoms with E-state index in [4.69, 9.17) is 9.47 Å². The van der Waals surface area contributed by atoms with Crippen LogP contribution in [0.4, 0.5) is 0 Å². The van der Waals surface area contributed by atoms with Crippen LogP contribution in [0, 0.1) is 11.8 Å². The number of nitrogens with zero attached hydrogens (tertiary/aromatic N) is 1. The van der Waals surface area contributed by atoms with Crippen molar-refractivity contribution < 1.29 is 23.9 Å². The second-order valence-corrected chi connectivity index (χ2v) is 7.23. The topological polar surface area (TPSA) is 94.6 Å². The van der Waals surface area contributed by atoms with Crippen molar-refractivity contribution in [3.8, 4) is 11.8 Å². The van der Waals surface area contributed by atoms with Crippen LogP contribution in [0.5, 0.6) is 0 Å². The van der Waals surface area contributed by atoms with E-state index in [2.05, 4.69) is 34.3 Å². The Morgan fingerprint density at radius 2 is 1.75 bits per heavy atom. The largest absolute Gasteiger partial charge is 0.464 e. The summed E-state index contributed by atoms with van der Waals surface area (Å²) in [5.41, 5.74) is 2.20. The molecule has 0 radical (unpaired) electrons. The highest BCUT2D eigenvalue weighted by Gasteiger charge is 2.29. The molecule has 0 aliphatic heterocycles. The number of hydrogen-bond acceptors (Lipinski definition) is 6. The number of esters is 2. The van der Waals surface area contributed by atoms with Crippen LogP contribution in [0.15, 0.2) is 48.5 Å². The van der Waals surface area contributed by atoms with E-state index in [1.807, 2.05) is 18.2 Å². The molecule has 0 fully saturated rings. The van der Waals surface area contributed by atoms with E-state index in [-0.39, 0.29) is 12.5 Å². The first-order chi connectivity index (χ1) is 15.3. The molecule has 0 spiro atoms. The normalized spacial score (nSPS) is 12.0. The molecule has 0 bridgehead atoms. The Labute approximate surface area is 188 Å². The summed E-state index contributed by atoms with van der Waals surface area (Å²) in [6.45, 7) is 3.69. The lowest BCUT2D eigenvalue weighted by molar-refractivity contribution is -0.152. The summed E-state index contributed by atoms with van der Waals surface area (Å²) >= 11 is 0. The number of rotatable bonds is 9. The minimum atomic E-state index is -0.935. The van der Waals surface area contributed by atoms with E-state index in [9.17, 15) is 14.4 Å². The SMILES string of the molecule is CC(=O)NC(COC(C)=O)C(OC(C)=O)c1cccc(C#CCCCc2ccccc2)n1. The second-order valence-electron chi connectivity index (χ2n) is 7.23. The summed E-state index contributed by atoms with van der Waals surface area (Å²) in [6.07, 6.45) is 1.66. The summed E-state index contributed by atoms with van der Waals surface area (Å²) in [4.78, 5) is 39.1. The highest BCUT2D eigenvalue weighted by Crippen LogP contribution is 2.21. The summed E-state index contributed by atoms with van der Waals surface area (Å²) in [6, 6.07) is 14.6. The van der Waals surface area contributed by atoms with Gasteiger partial charge in [-0.2, -0.15) is 0 Å². The van der Waals surface area contributed by atoms with Gasteiger partial charge in [-0.3, -0.25) is 14.4 Å². The van der Waals surface area contributed by atoms with E-state index in [1.54, 1.807) is 18.2 Å². The second kappa shape index (κ2) is 12.9. The van der Waals surface area contributed by atoms with Crippen LogP contribution >= 0.6 is 0 Å². The monoisotopic (exact) mass is 436 g/mol. The van der Waals surface area contributed by atoms with Crippen molar-refractivity contribution >= 4 is 17.8 Å². The molecule has 2 aromatic rings. The number of aryl methyl sites for hydroxylation is 1. The lowest BCUT2D eigenvalue weighted by Crippen LogP contribution is -2.43. The van der Waals surface area contributed by atoms with Crippen LogP contribution in [-0.4, -0.2) is 35.5 Å². The zero-order valence-corrected chi connectivity index (χ0v) is 18.6. The van der Waals surface area contributed by atoms with Crippen molar-refractivity contribution in [2.45, 2.75) is 52.2 Å². The number of unbranched alkanes of at least 4 members (excludes halogenated alkanes) is 1. The molecular formula is C25H28N2O5. The summed E-state index contributed by atoms with van der Waals surface area (Å²) < 4.78 is 10.5. The molecule has 2 atom stereocenters. The van der Waals surface area contributed by atoms with Gasteiger partial charge in [0.2, 0.25) is 5.91 Å². The van der Waals surface area contributed by atoms with Crippen molar-refractivity contribution in [2.24, 2.45) is 0 Å². The number of carbonyl (C=O) groups is 3. The predicted octanol–water partition coefficient (Wildman–Crippen LogP) is 3.13. The third-order valence-corrected chi connectivity index (χ3v) is 4.40. The molecule has 1 aromatic carbocycles. The van der Waals surface area contributed by atoms with Crippen LogP contribution in [-0.2, 0) is 30.3 Å². The predicted molar refractivity (Wildman–Crippen MR) is 119 cm³/mol. The highest BCUT2D eigenvalue weighted by atomic mass is 16.6. The van der Waals surface area contributed by atoms with Gasteiger partial charge in [0.05, 0.1) is 5.69 Å². The molecular weight excluding hydrogens is 408 g/mol. The van der Waals surface area contributed by atoms with Gasteiger partial charge in [-0.05, 0) is 36.5 Å². The molecule has 168 valence electrons. The standard InChI is InChI=1S/C25H28N2O5/c1-18(28)26-24(17-31-19(2)29)25(32-20(3)30)23-16-10-15-22(27-23)14-9-5-8-13-21-11-6-4-7-12-21/h4,6-7,10-12,15-16,24-25H,5,8,13,17H2,1-3H3,(H,26,28). The molecule has 7 heteroatoms. The number of amides is 1. The fourth-order valence-corrected chi connectivity index (χ4v) is 3.06. The summed E-state index contributed by atoms with van der Waals surface area (Å²) in [7, 11) is 0. The first-order valence-electron chi connectivity index (χ1n) is 10.4. The van der Waals surface area contributed by atoms with Gasteiger partial charge < -0.3 is 14.8 Å². The van der Waals surface area contributed by atoms with Gasteiger partial charge in [-0.25, -0.2) is 4.98 Å². The molecule has 1 heterocycles. The summed E-state index contributed by atoms with van der Waals surface area (Å²) in [5, 5.41) is 2.66. The van der Waals surface area contributed by atoms with E-state index in [0.29, 0.717) is 11.4 Å². The molecule has 2 unspecified atom stereocenters. The maximum atomic E-state index is 11.7. The van der Waals surface area contributed by atoms with E-state index < -0.39 is 24.1 Å². The maximum absolute atomic E-state index is 11.7. The number of benzene rings is 1. The zero-order chi connectivity index (χ0) is 23.3. The van der Waals surface area contributed by atoms with Gasteiger partial charge in [0.25, 0.3) is 0 Å². The molecule has 7 nitrogen and oxygen atoms in total. The van der Waals surface area contributed by atoms with Crippen molar-refractivity contribution in [1.82, 2.24) is 10.3 Å². The number of aromatic nitrogens is 1. The third kappa shape index (κ3) is 9.00. The first kappa shape index (κ1) is 24.6. The quantitative estimate of drug-likeness (QED) is 0.369. The van der Waals surface area contributed by atoms with Crippen LogP contribution in [0.25, 0.3) is 0 Å². The molecule has 2 rings (SSSR count). The fourth-order valence-electron chi connectivity index (χ4n) is 3.06. The van der Waals surface area contributed by atoms with Gasteiger partial charge >= 0.3 is 11.9 Å². The third-order valence-electron chi connectivity index (χ3n) is 4.40. The van der Waals surface area contributed by atoms with Gasteiger partial charge in [-0.15, -0.1) is 0 Å². The van der Waals surface area contributed by atoms with Crippen LogP contribution < -0.4 is 5.32 Å². The minimum Gasteiger partial charge on any atom is -0.464 e. The molecule has 1 N–H and O–H groups in total. The molecule has 1 aromatic heterocycles. The Balaban J connectivity index is 2.13. The van der Waals surface area contributed by atoms with Crippen molar-refractivity contribution in [3.63, 3.8) is 0 Å². The van der Waals surface area contributed by atoms with E-state index >= 15 is 0 Å².